The number of para-hydroxylation sites is 1. The van der Waals surface area contributed by atoms with E-state index in [0.29, 0.717) is 0 Å². The summed E-state index contributed by atoms with van der Waals surface area (Å²) >= 11 is 0. The maximum absolute atomic E-state index is 5.17. The minimum Gasteiger partial charge on any atom is -0.376 e. The predicted molar refractivity (Wildman–Crippen MR) is 179 cm³/mol. The van der Waals surface area contributed by atoms with E-state index in [4.69, 9.17) is 4.98 Å². The van der Waals surface area contributed by atoms with Crippen LogP contribution in [0.2, 0.25) is 0 Å². The van der Waals surface area contributed by atoms with Gasteiger partial charge in [-0.25, -0.2) is 0 Å². The van der Waals surface area contributed by atoms with Gasteiger partial charge in [-0.15, -0.1) is 0 Å². The molecule has 4 heterocycles. The Labute approximate surface area is 252 Å². The smallest absolute Gasteiger partial charge is 0.0897 e. The molecule has 43 heavy (non-hydrogen) atoms. The van der Waals surface area contributed by atoms with Gasteiger partial charge in [0.1, 0.15) is 0 Å². The molecule has 208 valence electrons. The van der Waals surface area contributed by atoms with Crippen LogP contribution < -0.4 is 0 Å². The fraction of sp³-hybridized carbons (Fsp3) is 0.103. The largest absolute Gasteiger partial charge is 0.376 e. The first-order valence-electron chi connectivity index (χ1n) is 14.8. The van der Waals surface area contributed by atoms with E-state index in [1.54, 1.807) is 0 Å². The van der Waals surface area contributed by atoms with Crippen LogP contribution in [0.4, 0.5) is 0 Å². The highest BCUT2D eigenvalue weighted by Crippen LogP contribution is 2.36. The lowest BCUT2D eigenvalue weighted by molar-refractivity contribution is 0.405. The van der Waals surface area contributed by atoms with E-state index in [9.17, 15) is 0 Å². The molecule has 8 rings (SSSR count). The number of hydrogen-bond donors (Lipinski definition) is 0. The molecule has 1 atom stereocenters. The summed E-state index contributed by atoms with van der Waals surface area (Å²) in [5.41, 5.74) is 10.6. The number of rotatable bonds is 4. The zero-order valence-corrected chi connectivity index (χ0v) is 24.4. The highest BCUT2D eigenvalue weighted by atomic mass is 15.2. The number of hydrogen-bond acceptors (Lipinski definition) is 3. The summed E-state index contributed by atoms with van der Waals surface area (Å²) in [6.07, 6.45) is 11.0. The van der Waals surface area contributed by atoms with Crippen LogP contribution in [0.1, 0.15) is 28.6 Å². The second-order valence-electron chi connectivity index (χ2n) is 11.5. The van der Waals surface area contributed by atoms with Crippen LogP contribution in [-0.4, -0.2) is 33.4 Å². The van der Waals surface area contributed by atoms with Crippen molar-refractivity contribution in [1.82, 2.24) is 19.4 Å². The van der Waals surface area contributed by atoms with Crippen molar-refractivity contribution in [2.75, 3.05) is 14.1 Å². The fourth-order valence-corrected chi connectivity index (χ4v) is 6.60. The average molecular weight is 557 g/mol. The lowest BCUT2D eigenvalue weighted by Gasteiger charge is -2.32. The zero-order valence-electron chi connectivity index (χ0n) is 24.4. The Morgan fingerprint density at radius 2 is 1.53 bits per heavy atom. The van der Waals surface area contributed by atoms with Gasteiger partial charge >= 0.3 is 0 Å². The molecule has 4 nitrogen and oxygen atoms in total. The molecule has 2 aromatic heterocycles. The lowest BCUT2D eigenvalue weighted by Crippen LogP contribution is -2.24. The second-order valence-corrected chi connectivity index (χ2v) is 11.5. The quantitative estimate of drug-likeness (QED) is 0.217. The molecule has 4 heteroatoms. The summed E-state index contributed by atoms with van der Waals surface area (Å²) in [4.78, 5) is 9.73. The van der Waals surface area contributed by atoms with Gasteiger partial charge in [0.15, 0.2) is 0 Å². The third-order valence-electron chi connectivity index (χ3n) is 8.80. The molecule has 0 N–H and O–H groups in total. The first-order valence-corrected chi connectivity index (χ1v) is 14.8. The standard InChI is InChI=1S/C39H32N4/c1-41-24-23-38-33(26-41)32-11-5-6-14-37(32)43(38)31-21-19-28(20-22-31)34-12-7-13-35(40-34)39-16-8-15-36(42(39)2)30-18-17-27-9-3-4-10-29(27)25-30/h3-25,39H,26H2,1-2H3. The van der Waals surface area contributed by atoms with Gasteiger partial charge in [-0.3, -0.25) is 4.98 Å². The van der Waals surface area contributed by atoms with Gasteiger partial charge in [-0.05, 0) is 64.9 Å². The van der Waals surface area contributed by atoms with Crippen LogP contribution in [0.5, 0.6) is 0 Å². The summed E-state index contributed by atoms with van der Waals surface area (Å²) in [5.74, 6) is 0. The Morgan fingerprint density at radius 3 is 2.42 bits per heavy atom. The van der Waals surface area contributed by atoms with Gasteiger partial charge in [-0.1, -0.05) is 84.9 Å². The van der Waals surface area contributed by atoms with Crippen LogP contribution >= 0.6 is 0 Å². The molecule has 0 bridgehead atoms. The molecule has 2 aliphatic heterocycles. The molecule has 0 saturated carbocycles. The molecule has 1 unspecified atom stereocenters. The summed E-state index contributed by atoms with van der Waals surface area (Å²) in [6.45, 7) is 0.913. The number of nitrogens with zero attached hydrogens (tertiary/aromatic N) is 4. The monoisotopic (exact) mass is 556 g/mol. The van der Waals surface area contributed by atoms with Gasteiger partial charge in [0.2, 0.25) is 0 Å². The Bertz CT molecular complexity index is 2090. The Hall–Kier alpha value is -5.35. The molecule has 6 aromatic rings. The van der Waals surface area contributed by atoms with Crippen LogP contribution in [0, 0.1) is 0 Å². The molecule has 0 fully saturated rings. The van der Waals surface area contributed by atoms with Crippen molar-refractivity contribution < 1.29 is 0 Å². The van der Waals surface area contributed by atoms with Crippen molar-refractivity contribution in [2.45, 2.75) is 12.6 Å². The number of allylic oxidation sites excluding steroid dienone is 2. The normalized spacial score (nSPS) is 16.1. The highest BCUT2D eigenvalue weighted by molar-refractivity contribution is 5.91. The first kappa shape index (κ1) is 25.4. The van der Waals surface area contributed by atoms with Crippen LogP contribution in [-0.2, 0) is 6.54 Å². The van der Waals surface area contributed by atoms with Gasteiger partial charge in [-0.2, -0.15) is 0 Å². The van der Waals surface area contributed by atoms with Crippen molar-refractivity contribution in [3.63, 3.8) is 0 Å². The van der Waals surface area contributed by atoms with Gasteiger partial charge < -0.3 is 14.4 Å². The van der Waals surface area contributed by atoms with E-state index in [1.165, 1.54) is 44.2 Å². The van der Waals surface area contributed by atoms with E-state index in [1.807, 2.05) is 0 Å². The number of fused-ring (bicyclic) bond motifs is 4. The van der Waals surface area contributed by atoms with Crippen LogP contribution in [0.15, 0.2) is 134 Å². The van der Waals surface area contributed by atoms with E-state index < -0.39 is 0 Å². The number of likely N-dealkylation sites (N-methyl/N-ethyl adjacent to an activating group) is 1. The van der Waals surface area contributed by atoms with Gasteiger partial charge in [0, 0.05) is 54.7 Å². The van der Waals surface area contributed by atoms with E-state index in [-0.39, 0.29) is 6.04 Å². The topological polar surface area (TPSA) is 24.3 Å². The summed E-state index contributed by atoms with van der Waals surface area (Å²) in [6, 6.07) is 39.2. The number of benzene rings is 4. The van der Waals surface area contributed by atoms with Crippen LogP contribution in [0.3, 0.4) is 0 Å². The number of aromatic nitrogens is 2. The lowest BCUT2D eigenvalue weighted by atomic mass is 9.99. The van der Waals surface area contributed by atoms with E-state index in [0.717, 1.165) is 29.2 Å². The SMILES string of the molecule is CN1C=Cc2c(c3ccccc3n2-c2ccc(-c3cccc(C4C=CC=C(c5ccc6ccccc6c5)N4C)n3)cc2)C1. The summed E-state index contributed by atoms with van der Waals surface area (Å²) in [5, 5.41) is 3.82. The minimum absolute atomic E-state index is 0.0494. The third-order valence-corrected chi connectivity index (χ3v) is 8.80. The minimum atomic E-state index is 0.0494. The molecule has 0 spiro atoms. The van der Waals surface area contributed by atoms with Crippen molar-refractivity contribution in [1.29, 1.82) is 0 Å². The Morgan fingerprint density at radius 1 is 0.744 bits per heavy atom. The molecule has 0 saturated heterocycles. The van der Waals surface area contributed by atoms with Crippen molar-refractivity contribution in [2.24, 2.45) is 0 Å². The molecule has 4 aromatic carbocycles. The highest BCUT2D eigenvalue weighted by Gasteiger charge is 2.23. The molecule has 0 radical (unpaired) electrons. The van der Waals surface area contributed by atoms with Crippen molar-refractivity contribution >= 4 is 33.4 Å². The Kier molecular flexibility index (Phi) is 6.00. The maximum atomic E-state index is 5.17. The zero-order chi connectivity index (χ0) is 28.9. The predicted octanol–water partition coefficient (Wildman–Crippen LogP) is 8.85. The second kappa shape index (κ2) is 10.2. The van der Waals surface area contributed by atoms with Crippen molar-refractivity contribution in [3.8, 4) is 16.9 Å². The van der Waals surface area contributed by atoms with Crippen molar-refractivity contribution in [3.05, 3.63) is 156 Å². The first-order chi connectivity index (χ1) is 21.1. The van der Waals surface area contributed by atoms with E-state index >= 15 is 0 Å². The molecule has 2 aliphatic rings. The fourth-order valence-electron chi connectivity index (χ4n) is 6.60. The maximum Gasteiger partial charge on any atom is 0.0897 e. The van der Waals surface area contributed by atoms with Gasteiger partial charge in [0.25, 0.3) is 0 Å². The summed E-state index contributed by atoms with van der Waals surface area (Å²) < 4.78 is 2.38. The molecule has 0 amide bonds. The van der Waals surface area contributed by atoms with Crippen LogP contribution in [0.25, 0.3) is 50.4 Å². The Balaban J connectivity index is 1.10. The molecular formula is C39H32N4. The molecule has 0 aliphatic carbocycles. The third kappa shape index (κ3) is 4.34. The summed E-state index contributed by atoms with van der Waals surface area (Å²) in [7, 11) is 4.29. The van der Waals surface area contributed by atoms with Gasteiger partial charge in [0.05, 0.1) is 28.6 Å². The number of pyridine rings is 1. The molecular weight excluding hydrogens is 524 g/mol. The van der Waals surface area contributed by atoms with E-state index in [2.05, 4.69) is 168 Å². The average Bonchev–Trinajstić information content (AvgIpc) is 3.38.